The molecule has 64 heteroatoms. The normalized spacial score (nSPS) is 20.8. The van der Waals surface area contributed by atoms with Gasteiger partial charge in [-0.25, -0.2) is 76.9 Å². The number of rotatable bonds is 29. The summed E-state index contributed by atoms with van der Waals surface area (Å²) in [6.45, 7) is 6.21. The fourth-order valence-corrected chi connectivity index (χ4v) is 16.1. The molecule has 0 aromatic rings. The van der Waals surface area contributed by atoms with E-state index in [4.69, 9.17) is 0 Å². The summed E-state index contributed by atoms with van der Waals surface area (Å²) >= 11 is 0. The van der Waals surface area contributed by atoms with E-state index in [1.807, 2.05) is 0 Å². The van der Waals surface area contributed by atoms with Crippen molar-refractivity contribution in [2.45, 2.75) is 233 Å². The van der Waals surface area contributed by atoms with Crippen molar-refractivity contribution in [3.05, 3.63) is 11.1 Å². The Labute approximate surface area is 816 Å². The van der Waals surface area contributed by atoms with Crippen LogP contribution in [-0.4, -0.2) is 242 Å². The topological polar surface area (TPSA) is 805 Å². The van der Waals surface area contributed by atoms with E-state index in [0.29, 0.717) is 12.8 Å². The number of cyclic esters (lactones) is 16. The van der Waals surface area contributed by atoms with Crippen molar-refractivity contribution in [2.24, 2.45) is 23.7 Å². The fourth-order valence-electron chi connectivity index (χ4n) is 10.6. The van der Waals surface area contributed by atoms with E-state index in [9.17, 15) is 180 Å². The van der Waals surface area contributed by atoms with Crippen molar-refractivity contribution in [1.82, 2.24) is 0 Å². The van der Waals surface area contributed by atoms with E-state index in [1.54, 1.807) is 6.92 Å². The molecule has 0 radical (unpaired) electrons. The Morgan fingerprint density at radius 2 is 0.688 bits per heavy atom. The zero-order valence-electron chi connectivity index (χ0n) is 70.1. The van der Waals surface area contributed by atoms with Crippen LogP contribution in [0.4, 0.5) is 0 Å². The van der Waals surface area contributed by atoms with Crippen LogP contribution in [0.1, 0.15) is 201 Å². The minimum absolute atomic E-state index is 0. The maximum Gasteiger partial charge on any atom is 1.00 e. The number of ether oxygens (including phenoxy) is 8. The number of carbonyl (C=O) groups is 16. The van der Waals surface area contributed by atoms with Gasteiger partial charge in [0.15, 0.2) is 0 Å². The van der Waals surface area contributed by atoms with E-state index in [1.165, 1.54) is 33.1 Å². The molecule has 8 rings (SSSR count). The SMILES string of the molecule is CC(CCC1CC(=O)OC1=O)S(=O)(=O)[O-].CC1=C(CS(=O)(=O)[O-])C(=O)OC1=O.CCC(CC1CC(=O)OC1=O)S(=O)(=O)[O-].CCCCCCCCCC(CCC1CC(=O)OC1=O)S(=O)(=O)[O-].O=C1CC(CCCS(=O)(=O)[O-])C(=O)O1.O=C1CC(S(=O)(=O)[O-])CC(=O)O1.O=C1CCC(S(=O)(=O)[O-])C(=O)O1.O=C1CCC(S(=O)(=O)[O-])CC(=O)O1.[Li+].[Li+].[Li+].[Li+].[Li+].[Li+].[Li+].[Li+]. The molecule has 0 amide bonds. The van der Waals surface area contributed by atoms with Gasteiger partial charge in [-0.2, -0.15) is 0 Å². The van der Waals surface area contributed by atoms with Crippen molar-refractivity contribution in [2.75, 3.05) is 11.5 Å². The summed E-state index contributed by atoms with van der Waals surface area (Å²) in [4.78, 5) is 172. The van der Waals surface area contributed by atoms with Crippen LogP contribution in [-0.2, 0) is 196 Å². The molecule has 0 spiro atoms. The number of hydrogen-bond acceptors (Lipinski definition) is 48. The van der Waals surface area contributed by atoms with Gasteiger partial charge in [0.25, 0.3) is 0 Å². The van der Waals surface area contributed by atoms with Crippen molar-refractivity contribution >= 4 is 176 Å². The molecule has 9 unspecified atom stereocenters. The van der Waals surface area contributed by atoms with E-state index >= 15 is 0 Å². The second-order valence-electron chi connectivity index (χ2n) is 26.3. The molecule has 0 bridgehead atoms. The zero-order chi connectivity index (χ0) is 90.3. The Morgan fingerprint density at radius 1 is 0.336 bits per heavy atom. The van der Waals surface area contributed by atoms with Gasteiger partial charge in [-0.15, -0.1) is 0 Å². The summed E-state index contributed by atoms with van der Waals surface area (Å²) in [5.41, 5.74) is -0.496. The van der Waals surface area contributed by atoms with Crippen LogP contribution in [0.2, 0.25) is 0 Å². The van der Waals surface area contributed by atoms with Crippen LogP contribution in [0.25, 0.3) is 0 Å². The number of carbonyl (C=O) groups excluding carboxylic acids is 16. The maximum atomic E-state index is 11.4. The first-order chi connectivity index (χ1) is 53.4. The molecule has 9 atom stereocenters. The summed E-state index contributed by atoms with van der Waals surface area (Å²) in [5.74, 6) is -16.7. The Balaban J connectivity index is -0.000000208. The first-order valence-corrected chi connectivity index (χ1v) is 46.6. The van der Waals surface area contributed by atoms with Crippen molar-refractivity contribution in [3.63, 3.8) is 0 Å². The molecule has 0 aromatic heterocycles. The smallest absolute Gasteiger partial charge is 0.748 e. The first kappa shape index (κ1) is 137. The quantitative estimate of drug-likeness (QED) is 0.0168. The third-order valence-electron chi connectivity index (χ3n) is 17.1. The summed E-state index contributed by atoms with van der Waals surface area (Å²) < 4.78 is 286. The molecule has 0 aromatic carbocycles. The maximum absolute atomic E-state index is 11.4. The molecule has 8 heterocycles. The second kappa shape index (κ2) is 63.2. The average molecular weight is 1890 g/mol. The van der Waals surface area contributed by atoms with Gasteiger partial charge in [-0.3, -0.25) is 67.1 Å². The fraction of sp³-hybridized carbons (Fsp3) is 0.705. The van der Waals surface area contributed by atoms with Crippen molar-refractivity contribution in [1.29, 1.82) is 0 Å². The molecule has 48 nitrogen and oxygen atoms in total. The predicted octanol–water partition coefficient (Wildman–Crippen LogP) is -26.5. The molecule has 0 N–H and O–H groups in total. The van der Waals surface area contributed by atoms with Gasteiger partial charge in [-0.05, 0) is 84.5 Å². The molecule has 668 valence electrons. The standard InChI is InChI=1S/C16H28O6S.2C8H12O6S.C7H10O6S.C6H6O6S.C6H8O6S.2C5H6O6S.8Li/c1-2-3-4-5-6-7-8-9-14(23(19,20)21)11-10-13-12-15(17)22-16(13)18;1-5(15(11,12)13)2-3-6-4-7(9)14-8(6)10;1-2-6(15(11,12)13)3-5-4-7(9)14-8(5)10;8-6-4-5(7(9)13-6)2-1-3-14(10,11)12;1-3-4(2-13(9,10)11)6(8)12-5(3)7;7-5-2-1-4(13(9,10)11)3-6(8)12-5;6-4-1-3(12(8,9)10)2-5(7)11-4;6-4-2-1-3(5(7)11-4)12(8,9)10;;;;;;;;/h13-14H,2-12H2,1H3,(H,19,20,21);2*5-6H,2-4H2,1H3,(H,11,12,13);5H,1-4H2,(H,10,11,12);2H2,1H3,(H,9,10,11);4H,1-3H2,(H,9,10,11);2*3H,1-2H2,(H,8,9,10);;;;;;;;/q;;;;;;;;8*+1/p-8. The minimum Gasteiger partial charge on any atom is -0.748 e. The molecule has 125 heavy (non-hydrogen) atoms. The molecule has 0 aliphatic carbocycles. The summed E-state index contributed by atoms with van der Waals surface area (Å²) in [5, 5.41) is -7.63. The van der Waals surface area contributed by atoms with Gasteiger partial charge in [0.1, 0.15) is 15.4 Å². The molecule has 7 saturated heterocycles. The van der Waals surface area contributed by atoms with E-state index in [-0.39, 0.29) is 265 Å². The van der Waals surface area contributed by atoms with Gasteiger partial charge in [-0.1, -0.05) is 58.8 Å². The van der Waals surface area contributed by atoms with E-state index < -0.39 is 262 Å². The summed E-state index contributed by atoms with van der Waals surface area (Å²) in [7, 11) is -35.6. The molecule has 8 aliphatic heterocycles. The van der Waals surface area contributed by atoms with Gasteiger partial charge < -0.3 is 74.3 Å². The van der Waals surface area contributed by atoms with Gasteiger partial charge in [0.05, 0.1) is 167 Å². The number of esters is 16. The van der Waals surface area contributed by atoms with Crippen LogP contribution in [0.3, 0.4) is 0 Å². The van der Waals surface area contributed by atoms with Crippen LogP contribution >= 0.6 is 0 Å². The third kappa shape index (κ3) is 57.9. The average Bonchev–Trinajstić information content (AvgIpc) is 1.52. The van der Waals surface area contributed by atoms with Crippen LogP contribution in [0, 0.1) is 23.7 Å². The molecule has 8 aliphatic rings. The Morgan fingerprint density at radius 3 is 1.02 bits per heavy atom. The van der Waals surface area contributed by atoms with Crippen LogP contribution in [0.15, 0.2) is 11.1 Å². The number of hydrogen-bond donors (Lipinski definition) is 0. The van der Waals surface area contributed by atoms with Crippen LogP contribution < -0.4 is 151 Å². The first-order valence-electron chi connectivity index (χ1n) is 34.6. The monoisotopic (exact) mass is 1890 g/mol. The minimum atomic E-state index is -4.68. The molecule has 0 saturated carbocycles. The number of unbranched alkanes of at least 4 members (excludes halogenated alkanes) is 6. The van der Waals surface area contributed by atoms with Gasteiger partial charge in [0, 0.05) is 34.7 Å². The van der Waals surface area contributed by atoms with E-state index in [0.717, 1.165) is 19.3 Å². The molecular weight excluding hydrogens is 1810 g/mol. The molecule has 7 fully saturated rings. The molecular formula is C61H80Li8O48S8. The van der Waals surface area contributed by atoms with Crippen molar-refractivity contribution < 1.29 is 369 Å². The second-order valence-corrected chi connectivity index (χ2v) is 39.2. The Bertz CT molecular complexity index is 4720. The Kier molecular flexibility index (Phi) is 69.4. The third-order valence-corrected chi connectivity index (χ3v) is 25.8. The predicted molar refractivity (Wildman–Crippen MR) is 367 cm³/mol. The Hall–Kier alpha value is -3.08. The van der Waals surface area contributed by atoms with Gasteiger partial charge >= 0.3 is 246 Å². The van der Waals surface area contributed by atoms with Gasteiger partial charge in [0.2, 0.25) is 0 Å². The largest absolute Gasteiger partial charge is 1.00 e. The summed E-state index contributed by atoms with van der Waals surface area (Å²) in [6, 6.07) is 0. The van der Waals surface area contributed by atoms with Crippen molar-refractivity contribution in [3.8, 4) is 0 Å². The van der Waals surface area contributed by atoms with Crippen LogP contribution in [0.5, 0.6) is 0 Å². The zero-order valence-corrected chi connectivity index (χ0v) is 76.7. The van der Waals surface area contributed by atoms with E-state index in [2.05, 4.69) is 44.8 Å². The summed E-state index contributed by atoms with van der Waals surface area (Å²) in [6.07, 6.45) is 5.98.